The van der Waals surface area contributed by atoms with Crippen molar-refractivity contribution in [1.29, 1.82) is 0 Å². The van der Waals surface area contributed by atoms with E-state index in [2.05, 4.69) is 52.3 Å². The topological polar surface area (TPSA) is 0 Å². The average molecular weight is 265 g/mol. The van der Waals surface area contributed by atoms with Crippen LogP contribution < -0.4 is 0 Å². The lowest BCUT2D eigenvalue weighted by Crippen LogP contribution is -2.02. The van der Waals surface area contributed by atoms with E-state index in [-0.39, 0.29) is 0 Å². The summed E-state index contributed by atoms with van der Waals surface area (Å²) < 4.78 is 1.25. The Balaban J connectivity index is 1.90. The SMILES string of the molecule is Brc1ccccc1CC[C@@H]1C=CCCC1. The Morgan fingerprint density at radius 3 is 2.87 bits per heavy atom. The molecule has 1 aliphatic rings. The van der Waals surface area contributed by atoms with Gasteiger partial charge in [0.25, 0.3) is 0 Å². The molecule has 1 aliphatic carbocycles. The van der Waals surface area contributed by atoms with Crippen molar-refractivity contribution in [3.05, 3.63) is 46.5 Å². The molecule has 0 aromatic heterocycles. The minimum atomic E-state index is 0.811. The van der Waals surface area contributed by atoms with Gasteiger partial charge >= 0.3 is 0 Å². The molecule has 0 saturated heterocycles. The fourth-order valence-corrected chi connectivity index (χ4v) is 2.65. The quantitative estimate of drug-likeness (QED) is 0.692. The van der Waals surface area contributed by atoms with Crippen LogP contribution in [0.4, 0.5) is 0 Å². The Morgan fingerprint density at radius 1 is 1.27 bits per heavy atom. The maximum Gasteiger partial charge on any atom is 0.0207 e. The van der Waals surface area contributed by atoms with E-state index in [1.165, 1.54) is 42.1 Å². The third-order valence-electron chi connectivity index (χ3n) is 3.10. The van der Waals surface area contributed by atoms with Crippen molar-refractivity contribution in [2.24, 2.45) is 5.92 Å². The summed E-state index contributed by atoms with van der Waals surface area (Å²) in [5.41, 5.74) is 1.44. The zero-order valence-electron chi connectivity index (χ0n) is 8.95. The van der Waals surface area contributed by atoms with E-state index in [4.69, 9.17) is 0 Å². The van der Waals surface area contributed by atoms with Gasteiger partial charge in [-0.25, -0.2) is 0 Å². The van der Waals surface area contributed by atoms with Gasteiger partial charge in [-0.3, -0.25) is 0 Å². The molecule has 1 atom stereocenters. The summed E-state index contributed by atoms with van der Waals surface area (Å²) >= 11 is 3.60. The monoisotopic (exact) mass is 264 g/mol. The van der Waals surface area contributed by atoms with Crippen molar-refractivity contribution in [3.63, 3.8) is 0 Å². The van der Waals surface area contributed by atoms with Gasteiger partial charge in [0.1, 0.15) is 0 Å². The third kappa shape index (κ3) is 3.20. The van der Waals surface area contributed by atoms with E-state index >= 15 is 0 Å². The summed E-state index contributed by atoms with van der Waals surface area (Å²) in [4.78, 5) is 0. The highest BCUT2D eigenvalue weighted by Gasteiger charge is 2.09. The standard InChI is InChI=1S/C14H17Br/c15-14-9-5-4-8-13(14)11-10-12-6-2-1-3-7-12/h2,4-6,8-9,12H,1,3,7,10-11H2/t12-/m1/s1. The molecule has 0 fully saturated rings. The molecule has 15 heavy (non-hydrogen) atoms. The molecule has 0 nitrogen and oxygen atoms in total. The van der Waals surface area contributed by atoms with E-state index in [0.717, 1.165) is 5.92 Å². The number of hydrogen-bond donors (Lipinski definition) is 0. The van der Waals surface area contributed by atoms with Crippen LogP contribution in [-0.2, 0) is 6.42 Å². The van der Waals surface area contributed by atoms with Crippen LogP contribution in [0.15, 0.2) is 40.9 Å². The number of allylic oxidation sites excluding steroid dienone is 2. The highest BCUT2D eigenvalue weighted by molar-refractivity contribution is 9.10. The van der Waals surface area contributed by atoms with Crippen molar-refractivity contribution in [3.8, 4) is 0 Å². The van der Waals surface area contributed by atoms with Gasteiger partial charge in [-0.1, -0.05) is 46.3 Å². The predicted octanol–water partition coefficient (Wildman–Crippen LogP) is 4.74. The Labute approximate surface area is 101 Å². The smallest absolute Gasteiger partial charge is 0.0207 e. The summed E-state index contributed by atoms with van der Waals surface area (Å²) in [5, 5.41) is 0. The molecule has 0 bridgehead atoms. The van der Waals surface area contributed by atoms with Gasteiger partial charge in [-0.05, 0) is 49.7 Å². The van der Waals surface area contributed by atoms with Crippen LogP contribution >= 0.6 is 15.9 Å². The van der Waals surface area contributed by atoms with Crippen LogP contribution in [0.25, 0.3) is 0 Å². The van der Waals surface area contributed by atoms with Crippen LogP contribution in [0.3, 0.4) is 0 Å². The fraction of sp³-hybridized carbons (Fsp3) is 0.429. The Bertz CT molecular complexity index is 341. The second kappa shape index (κ2) is 5.50. The van der Waals surface area contributed by atoms with Crippen LogP contribution in [-0.4, -0.2) is 0 Å². The zero-order chi connectivity index (χ0) is 10.5. The maximum atomic E-state index is 3.60. The average Bonchev–Trinajstić information content (AvgIpc) is 2.29. The summed E-state index contributed by atoms with van der Waals surface area (Å²) in [6, 6.07) is 8.55. The second-order valence-electron chi connectivity index (χ2n) is 4.25. The maximum absolute atomic E-state index is 3.60. The third-order valence-corrected chi connectivity index (χ3v) is 3.87. The van der Waals surface area contributed by atoms with Gasteiger partial charge in [-0.2, -0.15) is 0 Å². The zero-order valence-corrected chi connectivity index (χ0v) is 10.5. The first kappa shape index (κ1) is 10.9. The van der Waals surface area contributed by atoms with Crippen LogP contribution in [0.1, 0.15) is 31.2 Å². The number of benzene rings is 1. The second-order valence-corrected chi connectivity index (χ2v) is 5.10. The minimum Gasteiger partial charge on any atom is -0.0883 e. The van der Waals surface area contributed by atoms with Crippen molar-refractivity contribution in [2.75, 3.05) is 0 Å². The summed E-state index contributed by atoms with van der Waals surface area (Å²) in [7, 11) is 0. The van der Waals surface area contributed by atoms with Crippen LogP contribution in [0.5, 0.6) is 0 Å². The van der Waals surface area contributed by atoms with Gasteiger partial charge in [0.15, 0.2) is 0 Å². The molecule has 0 radical (unpaired) electrons. The highest BCUT2D eigenvalue weighted by Crippen LogP contribution is 2.24. The molecule has 2 rings (SSSR count). The molecule has 0 amide bonds. The molecule has 0 spiro atoms. The first-order chi connectivity index (χ1) is 7.36. The Kier molecular flexibility index (Phi) is 4.01. The molecule has 1 aromatic rings. The predicted molar refractivity (Wildman–Crippen MR) is 68.9 cm³/mol. The van der Waals surface area contributed by atoms with E-state index in [0.29, 0.717) is 0 Å². The highest BCUT2D eigenvalue weighted by atomic mass is 79.9. The number of aryl methyl sites for hydroxylation is 1. The van der Waals surface area contributed by atoms with Crippen molar-refractivity contribution < 1.29 is 0 Å². The van der Waals surface area contributed by atoms with E-state index in [9.17, 15) is 0 Å². The summed E-state index contributed by atoms with van der Waals surface area (Å²) in [5.74, 6) is 0.811. The molecule has 0 aliphatic heterocycles. The van der Waals surface area contributed by atoms with Gasteiger partial charge < -0.3 is 0 Å². The molecule has 1 aromatic carbocycles. The molecular weight excluding hydrogens is 248 g/mol. The van der Waals surface area contributed by atoms with Crippen LogP contribution in [0, 0.1) is 5.92 Å². The number of halogens is 1. The Morgan fingerprint density at radius 2 is 2.13 bits per heavy atom. The lowest BCUT2D eigenvalue weighted by atomic mass is 9.90. The molecule has 0 unspecified atom stereocenters. The molecule has 0 saturated carbocycles. The number of rotatable bonds is 3. The Hall–Kier alpha value is -0.560. The minimum absolute atomic E-state index is 0.811. The van der Waals surface area contributed by atoms with Gasteiger partial charge in [0.2, 0.25) is 0 Å². The first-order valence-corrected chi connectivity index (χ1v) is 6.55. The van der Waals surface area contributed by atoms with E-state index in [1.54, 1.807) is 0 Å². The van der Waals surface area contributed by atoms with E-state index < -0.39 is 0 Å². The lowest BCUT2D eigenvalue weighted by Gasteiger charge is -2.16. The lowest BCUT2D eigenvalue weighted by molar-refractivity contribution is 0.505. The molecular formula is C14H17Br. The number of hydrogen-bond acceptors (Lipinski definition) is 0. The van der Waals surface area contributed by atoms with Crippen molar-refractivity contribution in [2.45, 2.75) is 32.1 Å². The van der Waals surface area contributed by atoms with Gasteiger partial charge in [0, 0.05) is 4.47 Å². The van der Waals surface area contributed by atoms with Crippen molar-refractivity contribution >= 4 is 15.9 Å². The summed E-state index contributed by atoms with van der Waals surface area (Å²) in [6.07, 6.45) is 11.3. The van der Waals surface area contributed by atoms with Crippen LogP contribution in [0.2, 0.25) is 0 Å². The summed E-state index contributed by atoms with van der Waals surface area (Å²) in [6.45, 7) is 0. The van der Waals surface area contributed by atoms with Gasteiger partial charge in [-0.15, -0.1) is 0 Å². The molecule has 80 valence electrons. The molecule has 1 heteroatoms. The fourth-order valence-electron chi connectivity index (χ4n) is 2.17. The van der Waals surface area contributed by atoms with E-state index in [1.807, 2.05) is 0 Å². The van der Waals surface area contributed by atoms with Crippen molar-refractivity contribution in [1.82, 2.24) is 0 Å². The first-order valence-electron chi connectivity index (χ1n) is 5.76. The molecule has 0 heterocycles. The normalized spacial score (nSPS) is 20.5. The molecule has 0 N–H and O–H groups in total. The largest absolute Gasteiger partial charge is 0.0883 e. The van der Waals surface area contributed by atoms with Gasteiger partial charge in [0.05, 0.1) is 0 Å².